The number of ether oxygens (including phenoxy) is 1. The minimum Gasteiger partial charge on any atom is -0.496 e. The Morgan fingerprint density at radius 3 is 2.50 bits per heavy atom. The van der Waals surface area contributed by atoms with E-state index in [4.69, 9.17) is 22.1 Å². The van der Waals surface area contributed by atoms with E-state index in [-0.39, 0.29) is 0 Å². The lowest BCUT2D eigenvalue weighted by Crippen LogP contribution is -2.14. The second-order valence-corrected chi connectivity index (χ2v) is 6.30. The molecule has 20 heavy (non-hydrogen) atoms. The van der Waals surface area contributed by atoms with Crippen LogP contribution in [0.1, 0.15) is 17.2 Å². The average molecular weight is 424 g/mol. The average Bonchev–Trinajstić information content (AvgIpc) is 2.43. The van der Waals surface area contributed by atoms with E-state index < -0.39 is 11.9 Å². The van der Waals surface area contributed by atoms with Crippen LogP contribution in [-0.4, -0.2) is 7.11 Å². The van der Waals surface area contributed by atoms with Crippen molar-refractivity contribution >= 4 is 43.5 Å². The molecule has 0 spiro atoms. The van der Waals surface area contributed by atoms with Crippen molar-refractivity contribution in [1.29, 1.82) is 0 Å². The van der Waals surface area contributed by atoms with Crippen molar-refractivity contribution in [2.75, 3.05) is 7.11 Å². The summed E-state index contributed by atoms with van der Waals surface area (Å²) in [5.74, 6) is -0.00645. The monoisotopic (exact) mass is 421 g/mol. The van der Waals surface area contributed by atoms with Crippen LogP contribution in [0.15, 0.2) is 39.3 Å². The van der Waals surface area contributed by atoms with Crippen LogP contribution in [0, 0.1) is 5.82 Å². The van der Waals surface area contributed by atoms with Crippen LogP contribution in [0.4, 0.5) is 4.39 Å². The molecule has 0 aliphatic rings. The van der Waals surface area contributed by atoms with Crippen molar-refractivity contribution in [2.24, 2.45) is 5.73 Å². The summed E-state index contributed by atoms with van der Waals surface area (Å²) in [6.45, 7) is 0. The maximum Gasteiger partial charge on any atom is 0.141 e. The molecular formula is C14H11Br2ClFNO. The molecule has 0 aliphatic heterocycles. The Hall–Kier alpha value is -0.620. The van der Waals surface area contributed by atoms with Gasteiger partial charge in [0.25, 0.3) is 0 Å². The van der Waals surface area contributed by atoms with Crippen molar-refractivity contribution in [3.8, 4) is 5.75 Å². The number of rotatable bonds is 3. The normalized spacial score (nSPS) is 12.3. The maximum absolute atomic E-state index is 13.6. The Bertz CT molecular complexity index is 651. The summed E-state index contributed by atoms with van der Waals surface area (Å²) in [5, 5.41) is 0.582. The quantitative estimate of drug-likeness (QED) is 0.749. The first-order chi connectivity index (χ1) is 9.43. The number of methoxy groups -OCH3 is 1. The minimum absolute atomic E-state index is 0.335. The van der Waals surface area contributed by atoms with E-state index in [0.717, 1.165) is 10.0 Å². The van der Waals surface area contributed by atoms with E-state index >= 15 is 0 Å². The number of hydrogen-bond donors (Lipinski definition) is 1. The maximum atomic E-state index is 13.6. The van der Waals surface area contributed by atoms with Crippen molar-refractivity contribution in [1.82, 2.24) is 0 Å². The SMILES string of the molecule is COc1cc(F)c(Br)cc1C(N)c1cc(Cl)ccc1Br. The summed E-state index contributed by atoms with van der Waals surface area (Å²) < 4.78 is 19.9. The van der Waals surface area contributed by atoms with Gasteiger partial charge in [0.05, 0.1) is 17.6 Å². The van der Waals surface area contributed by atoms with Gasteiger partial charge in [-0.05, 0) is 45.8 Å². The third-order valence-corrected chi connectivity index (χ3v) is 4.47. The predicted octanol–water partition coefficient (Wildman–Crippen LogP) is 5.06. The fourth-order valence-corrected chi connectivity index (χ4v) is 2.92. The molecule has 2 aromatic rings. The summed E-state index contributed by atoms with van der Waals surface area (Å²) in [7, 11) is 1.48. The second kappa shape index (κ2) is 6.43. The van der Waals surface area contributed by atoms with Gasteiger partial charge in [-0.1, -0.05) is 27.5 Å². The number of hydrogen-bond acceptors (Lipinski definition) is 2. The highest BCUT2D eigenvalue weighted by Crippen LogP contribution is 2.36. The van der Waals surface area contributed by atoms with Crippen molar-refractivity contribution in [2.45, 2.75) is 6.04 Å². The first-order valence-electron chi connectivity index (χ1n) is 5.67. The van der Waals surface area contributed by atoms with Crippen LogP contribution in [0.3, 0.4) is 0 Å². The van der Waals surface area contributed by atoms with Crippen LogP contribution in [0.5, 0.6) is 5.75 Å². The van der Waals surface area contributed by atoms with Gasteiger partial charge in [0.2, 0.25) is 0 Å². The molecular weight excluding hydrogens is 412 g/mol. The van der Waals surface area contributed by atoms with Crippen LogP contribution in [0.2, 0.25) is 5.02 Å². The molecule has 0 aromatic heterocycles. The van der Waals surface area contributed by atoms with Gasteiger partial charge in [-0.2, -0.15) is 0 Å². The molecule has 0 saturated heterocycles. The molecule has 106 valence electrons. The zero-order chi connectivity index (χ0) is 14.9. The van der Waals surface area contributed by atoms with E-state index in [1.165, 1.54) is 13.2 Å². The Balaban J connectivity index is 2.55. The van der Waals surface area contributed by atoms with Gasteiger partial charge in [0.1, 0.15) is 11.6 Å². The van der Waals surface area contributed by atoms with E-state index in [0.29, 0.717) is 20.8 Å². The minimum atomic E-state index is -0.491. The smallest absolute Gasteiger partial charge is 0.141 e. The largest absolute Gasteiger partial charge is 0.496 e. The highest BCUT2D eigenvalue weighted by Gasteiger charge is 2.19. The Morgan fingerprint density at radius 2 is 1.85 bits per heavy atom. The number of benzene rings is 2. The lowest BCUT2D eigenvalue weighted by Gasteiger charge is -2.18. The lowest BCUT2D eigenvalue weighted by atomic mass is 9.98. The van der Waals surface area contributed by atoms with Crippen molar-refractivity contribution in [3.63, 3.8) is 0 Å². The first-order valence-corrected chi connectivity index (χ1v) is 7.64. The Labute approximate surface area is 138 Å². The lowest BCUT2D eigenvalue weighted by molar-refractivity contribution is 0.404. The topological polar surface area (TPSA) is 35.2 Å². The molecule has 6 heteroatoms. The third-order valence-electron chi connectivity index (χ3n) is 2.90. The molecule has 0 bridgehead atoms. The summed E-state index contributed by atoms with van der Waals surface area (Å²) in [5.41, 5.74) is 7.74. The Morgan fingerprint density at radius 1 is 1.15 bits per heavy atom. The van der Waals surface area contributed by atoms with Crippen LogP contribution in [0.25, 0.3) is 0 Å². The zero-order valence-electron chi connectivity index (χ0n) is 10.5. The number of halogens is 4. The molecule has 1 atom stereocenters. The van der Waals surface area contributed by atoms with Gasteiger partial charge in [-0.15, -0.1) is 0 Å². The molecule has 2 aromatic carbocycles. The molecule has 1 unspecified atom stereocenters. The number of nitrogens with two attached hydrogens (primary N) is 1. The van der Waals surface area contributed by atoms with E-state index in [1.807, 2.05) is 6.07 Å². The molecule has 2 N–H and O–H groups in total. The summed E-state index contributed by atoms with van der Waals surface area (Å²) in [4.78, 5) is 0. The highest BCUT2D eigenvalue weighted by atomic mass is 79.9. The standard InChI is InChI=1S/C14H11Br2ClFNO/c1-20-13-6-12(18)11(16)5-9(13)14(19)8-4-7(17)2-3-10(8)15/h2-6,14H,19H2,1H3. The van der Waals surface area contributed by atoms with E-state index in [1.54, 1.807) is 18.2 Å². The third kappa shape index (κ3) is 3.17. The molecule has 0 radical (unpaired) electrons. The molecule has 0 heterocycles. The highest BCUT2D eigenvalue weighted by molar-refractivity contribution is 9.10. The van der Waals surface area contributed by atoms with Gasteiger partial charge < -0.3 is 10.5 Å². The molecule has 0 aliphatic carbocycles. The molecule has 0 amide bonds. The molecule has 0 fully saturated rings. The Kier molecular flexibility index (Phi) is 5.07. The van der Waals surface area contributed by atoms with Gasteiger partial charge >= 0.3 is 0 Å². The first kappa shape index (κ1) is 15.8. The van der Waals surface area contributed by atoms with Crippen LogP contribution < -0.4 is 10.5 Å². The second-order valence-electron chi connectivity index (χ2n) is 4.15. The van der Waals surface area contributed by atoms with Gasteiger partial charge in [0.15, 0.2) is 0 Å². The molecule has 2 rings (SSSR count). The van der Waals surface area contributed by atoms with E-state index in [2.05, 4.69) is 31.9 Å². The van der Waals surface area contributed by atoms with E-state index in [9.17, 15) is 4.39 Å². The predicted molar refractivity (Wildman–Crippen MR) is 85.8 cm³/mol. The van der Waals surface area contributed by atoms with Gasteiger partial charge in [-0.25, -0.2) is 4.39 Å². The summed E-state index contributed by atoms with van der Waals surface area (Å²) in [6.07, 6.45) is 0. The van der Waals surface area contributed by atoms with Crippen molar-refractivity contribution < 1.29 is 9.13 Å². The molecule has 2 nitrogen and oxygen atoms in total. The van der Waals surface area contributed by atoms with Gasteiger partial charge in [0, 0.05) is 21.1 Å². The summed E-state index contributed by atoms with van der Waals surface area (Å²) in [6, 6.07) is 7.79. The zero-order valence-corrected chi connectivity index (χ0v) is 14.4. The fourth-order valence-electron chi connectivity index (χ4n) is 1.88. The van der Waals surface area contributed by atoms with Crippen molar-refractivity contribution in [3.05, 3.63) is 61.2 Å². The van der Waals surface area contributed by atoms with Gasteiger partial charge in [-0.3, -0.25) is 0 Å². The molecule has 0 saturated carbocycles. The summed E-state index contributed by atoms with van der Waals surface area (Å²) >= 11 is 12.6. The fraction of sp³-hybridized carbons (Fsp3) is 0.143. The van der Waals surface area contributed by atoms with Crippen LogP contribution >= 0.6 is 43.5 Å². The van der Waals surface area contributed by atoms with Crippen LogP contribution in [-0.2, 0) is 0 Å².